The molecule has 0 aromatic carbocycles. The van der Waals surface area contributed by atoms with Gasteiger partial charge in [0.25, 0.3) is 0 Å². The molecule has 2 saturated heterocycles. The molecule has 3 atom stereocenters. The summed E-state index contributed by atoms with van der Waals surface area (Å²) in [7, 11) is 0. The number of fused-ring (bicyclic) bond motifs is 1. The SMILES string of the molecule is O=C(C1CCCC2CNNC21)N1CCN(c2ccncc2)CC1. The standard InChI is InChI=1S/C17H25N5O/c23-17(15-3-1-2-13-12-19-20-16(13)15)22-10-8-21(9-11-22)14-4-6-18-7-5-14/h4-7,13,15-16,19-20H,1-3,8-12H2. The summed E-state index contributed by atoms with van der Waals surface area (Å²) in [4.78, 5) is 21.5. The minimum atomic E-state index is 0.149. The highest BCUT2D eigenvalue weighted by Crippen LogP contribution is 2.32. The van der Waals surface area contributed by atoms with Crippen LogP contribution in [0.2, 0.25) is 0 Å². The third-order valence-corrected chi connectivity index (χ3v) is 5.60. The Labute approximate surface area is 137 Å². The van der Waals surface area contributed by atoms with Crippen LogP contribution in [0.5, 0.6) is 0 Å². The molecule has 1 aromatic rings. The van der Waals surface area contributed by atoms with Crippen molar-refractivity contribution in [2.75, 3.05) is 37.6 Å². The predicted molar refractivity (Wildman–Crippen MR) is 88.8 cm³/mol. The van der Waals surface area contributed by atoms with E-state index < -0.39 is 0 Å². The van der Waals surface area contributed by atoms with E-state index in [9.17, 15) is 4.79 Å². The molecule has 23 heavy (non-hydrogen) atoms. The number of hydrogen-bond acceptors (Lipinski definition) is 5. The molecule has 1 amide bonds. The highest BCUT2D eigenvalue weighted by atomic mass is 16.2. The average Bonchev–Trinajstić information content (AvgIpc) is 3.11. The minimum absolute atomic E-state index is 0.149. The normalized spacial score (nSPS) is 31.0. The molecule has 2 aliphatic heterocycles. The Kier molecular flexibility index (Phi) is 4.18. The molecular weight excluding hydrogens is 290 g/mol. The number of hydrogen-bond donors (Lipinski definition) is 2. The lowest BCUT2D eigenvalue weighted by molar-refractivity contribution is -0.138. The van der Waals surface area contributed by atoms with Crippen molar-refractivity contribution in [3.8, 4) is 0 Å². The van der Waals surface area contributed by atoms with E-state index in [4.69, 9.17) is 0 Å². The van der Waals surface area contributed by atoms with Crippen molar-refractivity contribution < 1.29 is 4.79 Å². The van der Waals surface area contributed by atoms with Crippen LogP contribution in [0.15, 0.2) is 24.5 Å². The van der Waals surface area contributed by atoms with Crippen LogP contribution < -0.4 is 15.8 Å². The van der Waals surface area contributed by atoms with Crippen molar-refractivity contribution in [3.63, 3.8) is 0 Å². The van der Waals surface area contributed by atoms with Crippen LogP contribution >= 0.6 is 0 Å². The van der Waals surface area contributed by atoms with Crippen LogP contribution in [-0.4, -0.2) is 54.6 Å². The van der Waals surface area contributed by atoms with Crippen LogP contribution in [0.3, 0.4) is 0 Å². The lowest BCUT2D eigenvalue weighted by atomic mass is 9.77. The fourth-order valence-corrected chi connectivity index (χ4v) is 4.29. The summed E-state index contributed by atoms with van der Waals surface area (Å²) >= 11 is 0. The van der Waals surface area contributed by atoms with Crippen molar-refractivity contribution in [2.24, 2.45) is 11.8 Å². The lowest BCUT2D eigenvalue weighted by Gasteiger charge is -2.40. The number of pyridine rings is 1. The highest BCUT2D eigenvalue weighted by Gasteiger charge is 2.42. The molecule has 0 spiro atoms. The smallest absolute Gasteiger partial charge is 0.227 e. The molecule has 1 aliphatic carbocycles. The van der Waals surface area contributed by atoms with Gasteiger partial charge in [0, 0.05) is 56.8 Å². The summed E-state index contributed by atoms with van der Waals surface area (Å²) in [5, 5.41) is 0. The molecule has 3 unspecified atom stereocenters. The zero-order chi connectivity index (χ0) is 15.6. The van der Waals surface area contributed by atoms with E-state index in [2.05, 4.69) is 25.6 Å². The molecule has 2 N–H and O–H groups in total. The third kappa shape index (κ3) is 2.93. The van der Waals surface area contributed by atoms with Gasteiger partial charge in [0.1, 0.15) is 0 Å². The maximum absolute atomic E-state index is 13.0. The van der Waals surface area contributed by atoms with Crippen molar-refractivity contribution in [2.45, 2.75) is 25.3 Å². The fraction of sp³-hybridized carbons (Fsp3) is 0.647. The number of hydrazine groups is 1. The van der Waals surface area contributed by atoms with Crippen molar-refractivity contribution >= 4 is 11.6 Å². The lowest BCUT2D eigenvalue weighted by Crippen LogP contribution is -2.54. The highest BCUT2D eigenvalue weighted by molar-refractivity contribution is 5.80. The second-order valence-electron chi connectivity index (χ2n) is 6.87. The van der Waals surface area contributed by atoms with Crippen molar-refractivity contribution in [3.05, 3.63) is 24.5 Å². The van der Waals surface area contributed by atoms with E-state index in [0.717, 1.165) is 39.1 Å². The Morgan fingerprint density at radius 1 is 1.13 bits per heavy atom. The van der Waals surface area contributed by atoms with E-state index in [0.29, 0.717) is 17.9 Å². The molecule has 3 aliphatic rings. The number of aromatic nitrogens is 1. The van der Waals surface area contributed by atoms with Crippen molar-refractivity contribution in [1.29, 1.82) is 0 Å². The Morgan fingerprint density at radius 3 is 2.70 bits per heavy atom. The van der Waals surface area contributed by atoms with Crippen LogP contribution in [0.25, 0.3) is 0 Å². The van der Waals surface area contributed by atoms with E-state index >= 15 is 0 Å². The molecule has 1 aromatic heterocycles. The van der Waals surface area contributed by atoms with Gasteiger partial charge in [-0.25, -0.2) is 0 Å². The number of anilines is 1. The molecule has 6 heteroatoms. The van der Waals surface area contributed by atoms with E-state index in [1.54, 1.807) is 0 Å². The maximum atomic E-state index is 13.0. The summed E-state index contributed by atoms with van der Waals surface area (Å²) in [5.74, 6) is 1.12. The van der Waals surface area contributed by atoms with E-state index in [-0.39, 0.29) is 5.92 Å². The first-order chi connectivity index (χ1) is 11.3. The van der Waals surface area contributed by atoms with E-state index in [1.807, 2.05) is 24.5 Å². The van der Waals surface area contributed by atoms with Gasteiger partial charge >= 0.3 is 0 Å². The second kappa shape index (κ2) is 6.45. The first-order valence-corrected chi connectivity index (χ1v) is 8.75. The Bertz CT molecular complexity index is 543. The minimum Gasteiger partial charge on any atom is -0.368 e. The number of nitrogens with one attached hydrogen (secondary N) is 2. The van der Waals surface area contributed by atoms with Crippen molar-refractivity contribution in [1.82, 2.24) is 20.7 Å². The van der Waals surface area contributed by atoms with Crippen LogP contribution in [0, 0.1) is 11.8 Å². The van der Waals surface area contributed by atoms with Gasteiger partial charge in [-0.05, 0) is 30.9 Å². The summed E-state index contributed by atoms with van der Waals surface area (Å²) in [6.45, 7) is 4.46. The topological polar surface area (TPSA) is 60.5 Å². The van der Waals surface area contributed by atoms with Crippen LogP contribution in [-0.2, 0) is 4.79 Å². The molecule has 3 heterocycles. The molecule has 4 rings (SSSR count). The predicted octanol–water partition coefficient (Wildman–Crippen LogP) is 0.623. The summed E-state index contributed by atoms with van der Waals surface area (Å²) in [6, 6.07) is 4.41. The fourth-order valence-electron chi connectivity index (χ4n) is 4.29. The van der Waals surface area contributed by atoms with E-state index in [1.165, 1.54) is 18.5 Å². The maximum Gasteiger partial charge on any atom is 0.227 e. The Hall–Kier alpha value is -1.66. The zero-order valence-corrected chi connectivity index (χ0v) is 13.4. The first kappa shape index (κ1) is 14.9. The summed E-state index contributed by atoms with van der Waals surface area (Å²) in [5.41, 5.74) is 7.79. The number of rotatable bonds is 2. The molecule has 3 fully saturated rings. The average molecular weight is 315 g/mol. The quantitative estimate of drug-likeness (QED) is 0.838. The van der Waals surface area contributed by atoms with Gasteiger partial charge in [-0.2, -0.15) is 0 Å². The van der Waals surface area contributed by atoms with Gasteiger partial charge < -0.3 is 9.80 Å². The van der Waals surface area contributed by atoms with Crippen LogP contribution in [0.1, 0.15) is 19.3 Å². The van der Waals surface area contributed by atoms with Gasteiger partial charge in [-0.3, -0.25) is 20.6 Å². The molecule has 6 nitrogen and oxygen atoms in total. The van der Waals surface area contributed by atoms with Gasteiger partial charge in [0.05, 0.1) is 5.92 Å². The molecule has 0 bridgehead atoms. The summed E-state index contributed by atoms with van der Waals surface area (Å²) in [6.07, 6.45) is 7.10. The second-order valence-corrected chi connectivity index (χ2v) is 6.87. The zero-order valence-electron chi connectivity index (χ0n) is 13.4. The van der Waals surface area contributed by atoms with Gasteiger partial charge in [-0.1, -0.05) is 6.42 Å². The number of carbonyl (C=O) groups excluding carboxylic acids is 1. The third-order valence-electron chi connectivity index (χ3n) is 5.60. The molecule has 1 saturated carbocycles. The number of amides is 1. The number of nitrogens with zero attached hydrogens (tertiary/aromatic N) is 3. The summed E-state index contributed by atoms with van der Waals surface area (Å²) < 4.78 is 0. The van der Waals surface area contributed by atoms with Gasteiger partial charge in [0.15, 0.2) is 0 Å². The largest absolute Gasteiger partial charge is 0.368 e. The van der Waals surface area contributed by atoms with Gasteiger partial charge in [0.2, 0.25) is 5.91 Å². The monoisotopic (exact) mass is 315 g/mol. The number of carbonyl (C=O) groups is 1. The molecule has 124 valence electrons. The molecule has 0 radical (unpaired) electrons. The molecular formula is C17H25N5O. The number of piperazine rings is 1. The first-order valence-electron chi connectivity index (χ1n) is 8.75. The van der Waals surface area contributed by atoms with Crippen LogP contribution in [0.4, 0.5) is 5.69 Å². The Morgan fingerprint density at radius 2 is 1.91 bits per heavy atom. The van der Waals surface area contributed by atoms with Gasteiger partial charge in [-0.15, -0.1) is 0 Å². The Balaban J connectivity index is 1.37.